The second-order valence-electron chi connectivity index (χ2n) is 4.05. The van der Waals surface area contributed by atoms with Crippen LogP contribution in [0.1, 0.15) is 0 Å². The fourth-order valence-electron chi connectivity index (χ4n) is 1.66. The van der Waals surface area contributed by atoms with Crippen LogP contribution >= 0.6 is 11.8 Å². The predicted octanol–water partition coefficient (Wildman–Crippen LogP) is 1.68. The normalized spacial score (nSPS) is 12.1. The average Bonchev–Trinajstić information content (AvgIpc) is 2.46. The lowest BCUT2D eigenvalue weighted by Gasteiger charge is -2.18. The molecule has 0 amide bonds. The molecule has 6 nitrogen and oxygen atoms in total. The van der Waals surface area contributed by atoms with E-state index in [0.29, 0.717) is 3.82 Å². The van der Waals surface area contributed by atoms with Crippen molar-refractivity contribution in [3.63, 3.8) is 0 Å². The predicted molar refractivity (Wildman–Crippen MR) is 79.8 cm³/mol. The summed E-state index contributed by atoms with van der Waals surface area (Å²) < 4.78 is 48.2. The van der Waals surface area contributed by atoms with Crippen LogP contribution in [0.2, 0.25) is 0 Å². The number of halogens is 1. The number of sulfonamides is 2. The van der Waals surface area contributed by atoms with Crippen LogP contribution in [0.15, 0.2) is 64.4 Å². The van der Waals surface area contributed by atoms with Crippen molar-refractivity contribution in [3.8, 4) is 0 Å². The van der Waals surface area contributed by atoms with Gasteiger partial charge in [0.25, 0.3) is 10.0 Å². The van der Waals surface area contributed by atoms with Gasteiger partial charge in [-0.05, 0) is 24.3 Å². The first-order valence-electron chi connectivity index (χ1n) is 5.62. The van der Waals surface area contributed by atoms with E-state index in [1.54, 1.807) is 6.07 Å². The van der Waals surface area contributed by atoms with Crippen LogP contribution in [-0.4, -0.2) is 16.8 Å². The molecule has 0 atom stereocenters. The maximum Gasteiger partial charge on any atom is 0.278 e. The smallest absolute Gasteiger partial charge is 0.225 e. The summed E-state index contributed by atoms with van der Waals surface area (Å²) in [4.78, 5) is -0.441. The van der Waals surface area contributed by atoms with Crippen molar-refractivity contribution >= 4 is 37.5 Å². The number of nitrogens with zero attached hydrogens (tertiary/aromatic N) is 1. The van der Waals surface area contributed by atoms with Crippen LogP contribution in [-0.2, 0) is 20.0 Å². The molecule has 2 rings (SSSR count). The van der Waals surface area contributed by atoms with Crippen molar-refractivity contribution in [1.29, 1.82) is 0 Å². The number of para-hydroxylation sites is 1. The zero-order chi connectivity index (χ0) is 15.7. The van der Waals surface area contributed by atoms with Crippen LogP contribution in [0.4, 0.5) is 5.69 Å². The second kappa shape index (κ2) is 5.64. The number of hydrogen-bond acceptors (Lipinski definition) is 4. The number of anilines is 1. The number of benzene rings is 2. The first-order chi connectivity index (χ1) is 9.74. The van der Waals surface area contributed by atoms with Crippen LogP contribution < -0.4 is 8.96 Å². The van der Waals surface area contributed by atoms with Gasteiger partial charge in [-0.15, -0.1) is 0 Å². The Morgan fingerprint density at radius 3 is 1.95 bits per heavy atom. The van der Waals surface area contributed by atoms with E-state index < -0.39 is 20.0 Å². The lowest BCUT2D eigenvalue weighted by atomic mass is 10.3. The van der Waals surface area contributed by atoms with Crippen LogP contribution in [0, 0.1) is 0 Å². The fraction of sp³-hybridized carbons (Fsp3) is 0. The summed E-state index contributed by atoms with van der Waals surface area (Å²) in [5.41, 5.74) is -0.231. The summed E-state index contributed by atoms with van der Waals surface area (Å²) in [5.74, 6) is 0. The summed E-state index contributed by atoms with van der Waals surface area (Å²) >= 11 is 5.87. The van der Waals surface area contributed by atoms with Gasteiger partial charge in [0.15, 0.2) is 0 Å². The minimum atomic E-state index is -4.11. The molecule has 0 unspecified atom stereocenters. The summed E-state index contributed by atoms with van der Waals surface area (Å²) in [6, 6.07) is 12.7. The van der Waals surface area contributed by atoms with E-state index in [4.69, 9.17) is 16.9 Å². The number of hydrogen-bond donors (Lipinski definition) is 1. The lowest BCUT2D eigenvalue weighted by molar-refractivity contribution is 0.597. The zero-order valence-corrected chi connectivity index (χ0v) is 12.9. The molecule has 0 bridgehead atoms. The maximum atomic E-state index is 12.4. The van der Waals surface area contributed by atoms with Crippen LogP contribution in [0.3, 0.4) is 0 Å². The third-order valence-corrected chi connectivity index (χ3v) is 5.79. The number of rotatable bonds is 4. The van der Waals surface area contributed by atoms with E-state index in [1.807, 2.05) is 0 Å². The molecule has 0 fully saturated rings. The molecule has 0 aliphatic heterocycles. The Morgan fingerprint density at radius 1 is 0.857 bits per heavy atom. The van der Waals surface area contributed by atoms with Crippen LogP contribution in [0.5, 0.6) is 0 Å². The molecular formula is C12H11ClN2O4S2. The van der Waals surface area contributed by atoms with Gasteiger partial charge >= 0.3 is 0 Å². The summed E-state index contributed by atoms with van der Waals surface area (Å²) in [5, 5.41) is 5.07. The highest BCUT2D eigenvalue weighted by molar-refractivity contribution is 7.94. The largest absolute Gasteiger partial charge is 0.278 e. The zero-order valence-electron chi connectivity index (χ0n) is 10.5. The summed E-state index contributed by atoms with van der Waals surface area (Å²) in [6.07, 6.45) is 0. The standard InChI is InChI=1S/C12H11ClN2O4S2/c13-15(21(18,19)10-6-2-1-3-7-10)11-8-4-5-9-12(11)20(14,16)17/h1-9H,(H2,14,16,17). The molecule has 0 spiro atoms. The van der Waals surface area contributed by atoms with Crippen molar-refractivity contribution in [3.05, 3.63) is 54.6 Å². The van der Waals surface area contributed by atoms with Gasteiger partial charge in [-0.2, -0.15) is 12.2 Å². The third kappa shape index (κ3) is 3.18. The minimum absolute atomic E-state index is 0.0655. The van der Waals surface area contributed by atoms with Gasteiger partial charge in [-0.1, -0.05) is 30.3 Å². The highest BCUT2D eigenvalue weighted by atomic mass is 35.5. The number of nitrogens with two attached hydrogens (primary N) is 1. The van der Waals surface area contributed by atoms with Crippen molar-refractivity contribution in [2.45, 2.75) is 9.79 Å². The van der Waals surface area contributed by atoms with E-state index in [9.17, 15) is 16.8 Å². The molecule has 21 heavy (non-hydrogen) atoms. The van der Waals surface area contributed by atoms with Gasteiger partial charge in [-0.3, -0.25) is 0 Å². The Morgan fingerprint density at radius 2 is 1.38 bits per heavy atom. The van der Waals surface area contributed by atoms with E-state index in [-0.39, 0.29) is 15.5 Å². The Bertz CT molecular complexity index is 852. The number of primary sulfonamides is 1. The minimum Gasteiger partial charge on any atom is -0.225 e. The monoisotopic (exact) mass is 346 g/mol. The molecule has 0 radical (unpaired) electrons. The van der Waals surface area contributed by atoms with E-state index in [2.05, 4.69) is 0 Å². The first-order valence-corrected chi connectivity index (χ1v) is 8.95. The Kier molecular flexibility index (Phi) is 4.24. The van der Waals surface area contributed by atoms with Gasteiger partial charge in [0.1, 0.15) is 4.90 Å². The van der Waals surface area contributed by atoms with Crippen molar-refractivity contribution in [2.24, 2.45) is 5.14 Å². The molecular weight excluding hydrogens is 336 g/mol. The molecule has 0 aliphatic carbocycles. The summed E-state index contributed by atoms with van der Waals surface area (Å²) in [7, 11) is -8.21. The molecule has 2 aromatic rings. The SMILES string of the molecule is NS(=O)(=O)c1ccccc1N(Cl)S(=O)(=O)c1ccccc1. The van der Waals surface area contributed by atoms with Gasteiger partial charge in [0.05, 0.1) is 10.6 Å². The molecule has 0 saturated carbocycles. The first kappa shape index (κ1) is 15.8. The molecule has 2 aromatic carbocycles. The second-order valence-corrected chi connectivity index (χ2v) is 7.90. The molecule has 112 valence electrons. The Hall–Kier alpha value is -1.61. The average molecular weight is 347 g/mol. The third-order valence-electron chi connectivity index (χ3n) is 2.61. The molecule has 9 heteroatoms. The van der Waals surface area contributed by atoms with E-state index >= 15 is 0 Å². The van der Waals surface area contributed by atoms with Gasteiger partial charge in [0.2, 0.25) is 10.0 Å². The van der Waals surface area contributed by atoms with Gasteiger partial charge < -0.3 is 0 Å². The highest BCUT2D eigenvalue weighted by Crippen LogP contribution is 2.30. The fourth-order valence-corrected chi connectivity index (χ4v) is 3.98. The van der Waals surface area contributed by atoms with Crippen molar-refractivity contribution in [1.82, 2.24) is 0 Å². The van der Waals surface area contributed by atoms with Crippen molar-refractivity contribution < 1.29 is 16.8 Å². The Labute approximate surface area is 128 Å². The van der Waals surface area contributed by atoms with Crippen LogP contribution in [0.25, 0.3) is 0 Å². The Balaban J connectivity index is 2.59. The lowest BCUT2D eigenvalue weighted by Crippen LogP contribution is -2.24. The van der Waals surface area contributed by atoms with Gasteiger partial charge in [-0.25, -0.2) is 13.6 Å². The van der Waals surface area contributed by atoms with Crippen molar-refractivity contribution in [2.75, 3.05) is 3.82 Å². The quantitative estimate of drug-likeness (QED) is 0.851. The molecule has 0 aliphatic rings. The molecule has 0 saturated heterocycles. The van der Waals surface area contributed by atoms with E-state index in [1.165, 1.54) is 48.5 Å². The topological polar surface area (TPSA) is 97.5 Å². The molecule has 0 heterocycles. The molecule has 0 aromatic heterocycles. The van der Waals surface area contributed by atoms with E-state index in [0.717, 1.165) is 0 Å². The van der Waals surface area contributed by atoms with Gasteiger partial charge in [0, 0.05) is 11.8 Å². The molecule has 2 N–H and O–H groups in total. The summed E-state index contributed by atoms with van der Waals surface area (Å²) in [6.45, 7) is 0. The highest BCUT2D eigenvalue weighted by Gasteiger charge is 2.27. The maximum absolute atomic E-state index is 12.4.